The average molecular weight is 617 g/mol. The third-order valence-electron chi connectivity index (χ3n) is 8.14. The zero-order valence-corrected chi connectivity index (χ0v) is 24.5. The maximum atomic E-state index is 13.6. The number of imide groups is 1. The normalized spacial score (nSPS) is 15.7. The summed E-state index contributed by atoms with van der Waals surface area (Å²) in [5, 5.41) is 32.4. The van der Waals surface area contributed by atoms with E-state index >= 15 is 0 Å². The maximum absolute atomic E-state index is 13.6. The van der Waals surface area contributed by atoms with Crippen LogP contribution in [0.3, 0.4) is 0 Å². The number of hydrogen-bond donors (Lipinski definition) is 2. The molecule has 0 spiro atoms. The topological polar surface area (TPSA) is 162 Å². The lowest BCUT2D eigenvalue weighted by molar-refractivity contribution is -0.384. The van der Waals surface area contributed by atoms with Crippen LogP contribution < -0.4 is 4.90 Å². The van der Waals surface area contributed by atoms with Crippen LogP contribution in [0.15, 0.2) is 71.6 Å². The van der Waals surface area contributed by atoms with E-state index in [2.05, 4.69) is 0 Å². The molecule has 6 rings (SSSR count). The Hall–Kier alpha value is -5.01. The number of hydrogen-bond acceptors (Lipinski definition) is 9. The number of phenolic OH excluding ortho intramolecular Hbond substituents is 2. The molecular weight excluding hydrogens is 588 g/mol. The van der Waals surface area contributed by atoms with Crippen molar-refractivity contribution in [2.45, 2.75) is 18.2 Å². The first-order valence-electron chi connectivity index (χ1n) is 13.9. The quantitative estimate of drug-likeness (QED) is 0.136. The van der Waals surface area contributed by atoms with Crippen molar-refractivity contribution in [2.24, 2.45) is 0 Å². The Labute approximate surface area is 252 Å². The molecule has 4 aromatic rings. The highest BCUT2D eigenvalue weighted by atomic mass is 32.2. The van der Waals surface area contributed by atoms with Crippen molar-refractivity contribution in [1.82, 2.24) is 9.21 Å². The van der Waals surface area contributed by atoms with Gasteiger partial charge in [0, 0.05) is 55.1 Å². The smallest absolute Gasteiger partial charge is 0.293 e. The highest BCUT2D eigenvalue weighted by Crippen LogP contribution is 2.43. The van der Waals surface area contributed by atoms with Crippen molar-refractivity contribution >= 4 is 44.0 Å². The molecule has 2 amide bonds. The number of nitro benzene ring substituents is 1. The average Bonchev–Trinajstić information content (AvgIpc) is 3.01. The van der Waals surface area contributed by atoms with Crippen LogP contribution in [0.1, 0.15) is 31.8 Å². The number of nitro groups is 1. The van der Waals surface area contributed by atoms with Crippen molar-refractivity contribution < 1.29 is 33.1 Å². The summed E-state index contributed by atoms with van der Waals surface area (Å²) in [6.45, 7) is 2.33. The number of rotatable bonds is 7. The predicted molar refractivity (Wildman–Crippen MR) is 162 cm³/mol. The lowest BCUT2D eigenvalue weighted by atomic mass is 9.91. The van der Waals surface area contributed by atoms with Gasteiger partial charge in [-0.25, -0.2) is 8.42 Å². The van der Waals surface area contributed by atoms with Gasteiger partial charge in [0.25, 0.3) is 17.5 Å². The maximum Gasteiger partial charge on any atom is 0.293 e. The Morgan fingerprint density at radius 1 is 0.864 bits per heavy atom. The van der Waals surface area contributed by atoms with E-state index in [-0.39, 0.29) is 78.0 Å². The van der Waals surface area contributed by atoms with Gasteiger partial charge in [-0.1, -0.05) is 35.9 Å². The van der Waals surface area contributed by atoms with E-state index in [9.17, 15) is 38.3 Å². The van der Waals surface area contributed by atoms with Crippen molar-refractivity contribution in [3.05, 3.63) is 99.1 Å². The van der Waals surface area contributed by atoms with Crippen LogP contribution in [0, 0.1) is 17.0 Å². The minimum Gasteiger partial charge on any atom is -0.504 e. The number of carbonyl (C=O) groups excluding carboxylic acids is 2. The van der Waals surface area contributed by atoms with E-state index in [0.29, 0.717) is 16.3 Å². The Bertz CT molecular complexity index is 1950. The first kappa shape index (κ1) is 29.1. The van der Waals surface area contributed by atoms with Gasteiger partial charge in [-0.3, -0.25) is 24.6 Å². The fraction of sp³-hybridized carbons (Fsp3) is 0.226. The van der Waals surface area contributed by atoms with Gasteiger partial charge in [-0.15, -0.1) is 0 Å². The summed E-state index contributed by atoms with van der Waals surface area (Å²) in [6.07, 6.45) is 0.187. The highest BCUT2D eigenvalue weighted by molar-refractivity contribution is 7.89. The number of aryl methyl sites for hydroxylation is 1. The first-order valence-corrected chi connectivity index (χ1v) is 15.3. The summed E-state index contributed by atoms with van der Waals surface area (Å²) in [5.41, 5.74) is 1.68. The minimum absolute atomic E-state index is 0.0276. The summed E-state index contributed by atoms with van der Waals surface area (Å²) in [5.74, 6) is -1.85. The molecule has 2 N–H and O–H groups in total. The third-order valence-corrected chi connectivity index (χ3v) is 10.1. The zero-order valence-electron chi connectivity index (χ0n) is 23.6. The number of aromatic hydroxyl groups is 2. The second-order valence-corrected chi connectivity index (χ2v) is 12.8. The minimum atomic E-state index is -3.76. The summed E-state index contributed by atoms with van der Waals surface area (Å²) in [6, 6.07) is 16.8. The second-order valence-electron chi connectivity index (χ2n) is 10.8. The van der Waals surface area contributed by atoms with Gasteiger partial charge in [0.1, 0.15) is 5.69 Å². The molecule has 12 nitrogen and oxygen atoms in total. The molecule has 4 aromatic carbocycles. The number of nitrogens with zero attached hydrogens (tertiary/aromatic N) is 4. The molecule has 0 unspecified atom stereocenters. The van der Waals surface area contributed by atoms with Gasteiger partial charge in [0.15, 0.2) is 11.5 Å². The molecule has 13 heteroatoms. The predicted octanol–water partition coefficient (Wildman–Crippen LogP) is 3.82. The van der Waals surface area contributed by atoms with E-state index in [1.54, 1.807) is 53.4 Å². The zero-order chi connectivity index (χ0) is 31.3. The van der Waals surface area contributed by atoms with Crippen LogP contribution >= 0.6 is 0 Å². The standard InChI is InChI=1S/C31H28N4O8S/c1-19-5-8-21(9-6-19)44(42,43)33-15-13-32(14-16-33)29-22-3-2-4-23-28(22)24(18-25(29)35(40)41)31(39)34(30(23)38)12-11-20-7-10-26(36)27(37)17-20/h2-10,17-18,36-37H,11-16H2,1H3. The Balaban J connectivity index is 1.32. The van der Waals surface area contributed by atoms with Gasteiger partial charge in [0.2, 0.25) is 10.0 Å². The van der Waals surface area contributed by atoms with E-state index in [0.717, 1.165) is 10.5 Å². The summed E-state index contributed by atoms with van der Waals surface area (Å²) < 4.78 is 27.8. The lowest BCUT2D eigenvalue weighted by Crippen LogP contribution is -2.49. The fourth-order valence-electron chi connectivity index (χ4n) is 5.84. The monoisotopic (exact) mass is 616 g/mol. The number of benzene rings is 4. The van der Waals surface area contributed by atoms with Crippen LogP contribution in [-0.2, 0) is 16.4 Å². The van der Waals surface area contributed by atoms with E-state index in [1.165, 1.54) is 22.5 Å². The van der Waals surface area contributed by atoms with Crippen LogP contribution in [-0.4, -0.2) is 77.3 Å². The van der Waals surface area contributed by atoms with Crippen molar-refractivity contribution in [3.63, 3.8) is 0 Å². The number of anilines is 1. The van der Waals surface area contributed by atoms with Crippen molar-refractivity contribution in [1.29, 1.82) is 0 Å². The fourth-order valence-corrected chi connectivity index (χ4v) is 7.26. The number of piperazine rings is 1. The molecule has 0 aliphatic carbocycles. The van der Waals surface area contributed by atoms with Crippen LogP contribution in [0.2, 0.25) is 0 Å². The Kier molecular flexibility index (Phi) is 7.22. The molecule has 0 saturated carbocycles. The molecular formula is C31H28N4O8S. The molecule has 0 aromatic heterocycles. The number of sulfonamides is 1. The van der Waals surface area contributed by atoms with Crippen molar-refractivity contribution in [3.8, 4) is 11.5 Å². The lowest BCUT2D eigenvalue weighted by Gasteiger charge is -2.36. The van der Waals surface area contributed by atoms with Crippen LogP contribution in [0.5, 0.6) is 11.5 Å². The molecule has 226 valence electrons. The molecule has 0 bridgehead atoms. The number of amides is 2. The van der Waals surface area contributed by atoms with E-state index < -0.39 is 26.8 Å². The highest BCUT2D eigenvalue weighted by Gasteiger charge is 2.38. The number of carbonyl (C=O) groups is 2. The molecule has 2 aliphatic heterocycles. The Morgan fingerprint density at radius 3 is 2.20 bits per heavy atom. The van der Waals surface area contributed by atoms with Crippen molar-refractivity contribution in [2.75, 3.05) is 37.6 Å². The van der Waals surface area contributed by atoms with Gasteiger partial charge in [-0.2, -0.15) is 4.31 Å². The van der Waals surface area contributed by atoms with E-state index in [4.69, 9.17) is 0 Å². The van der Waals surface area contributed by atoms with Gasteiger partial charge in [-0.05, 0) is 49.2 Å². The molecule has 2 heterocycles. The van der Waals surface area contributed by atoms with Gasteiger partial charge < -0.3 is 15.1 Å². The summed E-state index contributed by atoms with van der Waals surface area (Å²) >= 11 is 0. The summed E-state index contributed by atoms with van der Waals surface area (Å²) in [7, 11) is -3.76. The molecule has 2 aliphatic rings. The molecule has 0 radical (unpaired) electrons. The largest absolute Gasteiger partial charge is 0.504 e. The first-order chi connectivity index (χ1) is 21.0. The van der Waals surface area contributed by atoms with Crippen LogP contribution in [0.4, 0.5) is 11.4 Å². The van der Waals surface area contributed by atoms with E-state index in [1.807, 2.05) is 6.92 Å². The SMILES string of the molecule is Cc1ccc(S(=O)(=O)N2CCN(c3c([N+](=O)[O-])cc4c5c(cccc35)C(=O)N(CCc3ccc(O)c(O)c3)C4=O)CC2)cc1. The molecule has 1 fully saturated rings. The Morgan fingerprint density at radius 2 is 1.55 bits per heavy atom. The number of phenols is 2. The molecule has 1 saturated heterocycles. The molecule has 0 atom stereocenters. The van der Waals surface area contributed by atoms with Gasteiger partial charge in [0.05, 0.1) is 15.4 Å². The summed E-state index contributed by atoms with van der Waals surface area (Å²) in [4.78, 5) is 41.9. The van der Waals surface area contributed by atoms with Gasteiger partial charge >= 0.3 is 0 Å². The van der Waals surface area contributed by atoms with Crippen LogP contribution in [0.25, 0.3) is 10.8 Å². The second kappa shape index (κ2) is 10.9. The molecule has 44 heavy (non-hydrogen) atoms. The third kappa shape index (κ3) is 4.89.